The third-order valence-corrected chi connectivity index (χ3v) is 4.07. The van der Waals surface area contributed by atoms with E-state index in [9.17, 15) is 9.90 Å². The van der Waals surface area contributed by atoms with Crippen molar-refractivity contribution >= 4 is 5.97 Å². The molecule has 2 fully saturated rings. The fourth-order valence-electron chi connectivity index (χ4n) is 2.79. The van der Waals surface area contributed by atoms with Crippen molar-refractivity contribution in [2.75, 3.05) is 33.0 Å². The predicted octanol–water partition coefficient (Wildman–Crippen LogP) is -1.19. The number of rotatable bonds is 4. The lowest BCUT2D eigenvalue weighted by Gasteiger charge is -2.34. The van der Waals surface area contributed by atoms with Gasteiger partial charge in [0.2, 0.25) is 6.73 Å². The summed E-state index contributed by atoms with van der Waals surface area (Å²) in [6.07, 6.45) is 1.77. The molecule has 0 aromatic heterocycles. The number of nitrogens with one attached hydrogen (secondary N) is 1. The molecule has 2 saturated heterocycles. The number of carbonyl (C=O) groups is 1. The second-order valence-corrected chi connectivity index (χ2v) is 5.46. The van der Waals surface area contributed by atoms with Crippen LogP contribution in [0.5, 0.6) is 5.75 Å². The Morgan fingerprint density at radius 2 is 1.81 bits per heavy atom. The van der Waals surface area contributed by atoms with E-state index in [0.717, 1.165) is 25.9 Å². The number of quaternary nitrogens is 1. The normalized spacial score (nSPS) is 21.5. The molecule has 3 rings (SSSR count). The van der Waals surface area contributed by atoms with Crippen LogP contribution in [0.25, 0.3) is 0 Å². The number of ether oxygens (including phenoxy) is 3. The van der Waals surface area contributed by atoms with Gasteiger partial charge in [-0.15, -0.1) is 0 Å². The molecule has 6 heteroatoms. The van der Waals surface area contributed by atoms with E-state index in [2.05, 4.69) is 0 Å². The van der Waals surface area contributed by atoms with Crippen molar-refractivity contribution in [3.63, 3.8) is 0 Å². The Morgan fingerprint density at radius 3 is 2.38 bits per heavy atom. The Morgan fingerprint density at radius 1 is 1.19 bits per heavy atom. The van der Waals surface area contributed by atoms with Gasteiger partial charge in [0.25, 0.3) is 0 Å². The average molecular weight is 293 g/mol. The lowest BCUT2D eigenvalue weighted by atomic mass is 10.0. The second kappa shape index (κ2) is 6.01. The second-order valence-electron chi connectivity index (χ2n) is 5.46. The Kier molecular flexibility index (Phi) is 4.10. The predicted molar refractivity (Wildman–Crippen MR) is 70.8 cm³/mol. The molecule has 0 unspecified atom stereocenters. The van der Waals surface area contributed by atoms with Crippen LogP contribution >= 0.6 is 0 Å². The quantitative estimate of drug-likeness (QED) is 0.756. The Bertz CT molecular complexity index is 485. The van der Waals surface area contributed by atoms with Crippen LogP contribution in [-0.4, -0.2) is 44.8 Å². The first-order valence-corrected chi connectivity index (χ1v) is 7.23. The maximum Gasteiger partial charge on any atom is 0.222 e. The molecule has 0 atom stereocenters. The van der Waals surface area contributed by atoms with Crippen molar-refractivity contribution in [3.05, 3.63) is 29.8 Å². The van der Waals surface area contributed by atoms with Crippen LogP contribution in [0.4, 0.5) is 0 Å². The molecule has 2 aliphatic rings. The molecule has 1 aromatic rings. The fraction of sp³-hybridized carbons (Fsp3) is 0.533. The first-order chi connectivity index (χ1) is 10.2. The first kappa shape index (κ1) is 14.3. The number of hydrogen-bond acceptors (Lipinski definition) is 5. The molecule has 21 heavy (non-hydrogen) atoms. The zero-order valence-electron chi connectivity index (χ0n) is 11.8. The number of piperidine rings is 1. The van der Waals surface area contributed by atoms with Crippen LogP contribution in [0, 0.1) is 0 Å². The van der Waals surface area contributed by atoms with Gasteiger partial charge in [0.15, 0.2) is 5.79 Å². The molecule has 1 aromatic carbocycles. The number of carboxylic acids is 1. The molecule has 2 heterocycles. The summed E-state index contributed by atoms with van der Waals surface area (Å²) in [4.78, 5) is 12.0. The highest BCUT2D eigenvalue weighted by molar-refractivity contribution is 5.85. The molecule has 0 aliphatic carbocycles. The average Bonchev–Trinajstić information content (AvgIpc) is 2.95. The first-order valence-electron chi connectivity index (χ1n) is 7.23. The summed E-state index contributed by atoms with van der Waals surface area (Å²) >= 11 is 0. The largest absolute Gasteiger partial charge is 0.545 e. The summed E-state index contributed by atoms with van der Waals surface area (Å²) in [5.74, 6) is -0.856. The number of hydrogen-bond donors (Lipinski definition) is 1. The highest BCUT2D eigenvalue weighted by Gasteiger charge is 2.41. The zero-order chi connectivity index (χ0) is 14.7. The van der Waals surface area contributed by atoms with Crippen molar-refractivity contribution in [2.24, 2.45) is 0 Å². The molecule has 1 N–H and O–H groups in total. The lowest BCUT2D eigenvalue weighted by Crippen LogP contribution is -3.14. The van der Waals surface area contributed by atoms with E-state index in [-0.39, 0.29) is 11.4 Å². The van der Waals surface area contributed by atoms with Crippen LogP contribution in [0.1, 0.15) is 23.2 Å². The van der Waals surface area contributed by atoms with Crippen LogP contribution < -0.4 is 14.7 Å². The maximum absolute atomic E-state index is 10.7. The monoisotopic (exact) mass is 293 g/mol. The van der Waals surface area contributed by atoms with E-state index >= 15 is 0 Å². The van der Waals surface area contributed by atoms with Crippen molar-refractivity contribution in [1.29, 1.82) is 0 Å². The summed E-state index contributed by atoms with van der Waals surface area (Å²) < 4.78 is 17.1. The molecule has 1 spiro atoms. The van der Waals surface area contributed by atoms with Gasteiger partial charge >= 0.3 is 0 Å². The molecule has 0 radical (unpaired) electrons. The van der Waals surface area contributed by atoms with Gasteiger partial charge in [-0.1, -0.05) is 0 Å². The molecule has 114 valence electrons. The third-order valence-electron chi connectivity index (χ3n) is 4.07. The maximum atomic E-state index is 10.7. The van der Waals surface area contributed by atoms with Gasteiger partial charge in [-0.2, -0.15) is 0 Å². The van der Waals surface area contributed by atoms with E-state index in [1.807, 2.05) is 0 Å². The van der Waals surface area contributed by atoms with Crippen molar-refractivity contribution in [3.8, 4) is 5.75 Å². The smallest absolute Gasteiger partial charge is 0.222 e. The van der Waals surface area contributed by atoms with Crippen LogP contribution in [0.3, 0.4) is 0 Å². The third kappa shape index (κ3) is 3.34. The van der Waals surface area contributed by atoms with Crippen LogP contribution in [-0.2, 0) is 9.47 Å². The number of benzene rings is 1. The highest BCUT2D eigenvalue weighted by atomic mass is 16.7. The fourth-order valence-corrected chi connectivity index (χ4v) is 2.79. The van der Waals surface area contributed by atoms with Gasteiger partial charge in [0.05, 0.1) is 45.1 Å². The van der Waals surface area contributed by atoms with Gasteiger partial charge in [0, 0.05) is 0 Å². The highest BCUT2D eigenvalue weighted by Crippen LogP contribution is 2.27. The molecular weight excluding hydrogens is 274 g/mol. The van der Waals surface area contributed by atoms with E-state index in [0.29, 0.717) is 25.7 Å². The Labute approximate surface area is 123 Å². The number of likely N-dealkylation sites (tertiary alicyclic amines) is 1. The molecule has 0 bridgehead atoms. The van der Waals surface area contributed by atoms with Gasteiger partial charge in [-0.25, -0.2) is 0 Å². The summed E-state index contributed by atoms with van der Waals surface area (Å²) in [5, 5.41) is 10.7. The minimum atomic E-state index is -1.18. The number of carboxylic acid groups (broad SMARTS) is 1. The van der Waals surface area contributed by atoms with Crippen molar-refractivity contribution < 1.29 is 29.0 Å². The summed E-state index contributed by atoms with van der Waals surface area (Å²) in [6.45, 7) is 3.82. The Hall–Kier alpha value is -1.63. The van der Waals surface area contributed by atoms with Crippen molar-refractivity contribution in [1.82, 2.24) is 0 Å². The van der Waals surface area contributed by atoms with E-state index in [1.54, 1.807) is 12.1 Å². The summed E-state index contributed by atoms with van der Waals surface area (Å²) in [7, 11) is 0. The molecule has 2 aliphatic heterocycles. The molecular formula is C15H19NO5. The van der Waals surface area contributed by atoms with Crippen molar-refractivity contribution in [2.45, 2.75) is 18.6 Å². The molecule has 0 amide bonds. The minimum absolute atomic E-state index is 0.158. The SMILES string of the molecule is O=C([O-])c1ccc(OC[NH+]2CCC3(CC2)OCCO3)cc1. The van der Waals surface area contributed by atoms with Gasteiger partial charge in [-0.3, -0.25) is 0 Å². The van der Waals surface area contributed by atoms with Gasteiger partial charge < -0.3 is 29.0 Å². The van der Waals surface area contributed by atoms with E-state index in [1.165, 1.54) is 17.0 Å². The van der Waals surface area contributed by atoms with E-state index in [4.69, 9.17) is 14.2 Å². The summed E-state index contributed by atoms with van der Waals surface area (Å²) in [5.41, 5.74) is 0.158. The van der Waals surface area contributed by atoms with E-state index < -0.39 is 5.97 Å². The standard InChI is InChI=1S/C15H19NO5/c17-14(18)12-1-3-13(4-2-12)19-11-16-7-5-15(6-8-16)20-9-10-21-15/h1-4H,5-11H2,(H,17,18). The summed E-state index contributed by atoms with van der Waals surface area (Å²) in [6, 6.07) is 6.29. The van der Waals surface area contributed by atoms with Crippen LogP contribution in [0.2, 0.25) is 0 Å². The zero-order valence-corrected chi connectivity index (χ0v) is 11.8. The van der Waals surface area contributed by atoms with Gasteiger partial charge in [0.1, 0.15) is 5.75 Å². The molecule has 0 saturated carbocycles. The van der Waals surface area contributed by atoms with Gasteiger partial charge in [-0.05, 0) is 29.8 Å². The lowest BCUT2D eigenvalue weighted by molar-refractivity contribution is -0.923. The Balaban J connectivity index is 1.46. The topological polar surface area (TPSA) is 72.3 Å². The molecule has 6 nitrogen and oxygen atoms in total. The number of carbonyl (C=O) groups excluding carboxylic acids is 1. The number of aromatic carboxylic acids is 1. The van der Waals surface area contributed by atoms with Crippen LogP contribution in [0.15, 0.2) is 24.3 Å². The minimum Gasteiger partial charge on any atom is -0.545 e.